The average Bonchev–Trinajstić information content (AvgIpc) is 2.54. The second-order valence-corrected chi connectivity index (χ2v) is 8.34. The summed E-state index contributed by atoms with van der Waals surface area (Å²) in [6, 6.07) is 10.5. The predicted octanol–water partition coefficient (Wildman–Crippen LogP) is 6.43. The van der Waals surface area contributed by atoms with Gasteiger partial charge in [0.25, 0.3) is 0 Å². The SMILES string of the molecule is Cc1ccc(N=Cc2cc3c(cc2C)N(C)C(C)(C)CC3C)cc1Cl. The van der Waals surface area contributed by atoms with Crippen molar-refractivity contribution in [2.75, 3.05) is 11.9 Å². The van der Waals surface area contributed by atoms with Crippen LogP contribution in [-0.2, 0) is 0 Å². The molecule has 2 nitrogen and oxygen atoms in total. The molecule has 25 heavy (non-hydrogen) atoms. The molecule has 0 aliphatic carbocycles. The number of nitrogens with zero attached hydrogens (tertiary/aromatic N) is 2. The summed E-state index contributed by atoms with van der Waals surface area (Å²) in [4.78, 5) is 7.05. The molecule has 3 rings (SSSR count). The molecule has 1 atom stereocenters. The number of aryl methyl sites for hydroxylation is 2. The van der Waals surface area contributed by atoms with Gasteiger partial charge in [0.15, 0.2) is 0 Å². The number of anilines is 1. The van der Waals surface area contributed by atoms with E-state index in [1.54, 1.807) is 0 Å². The minimum Gasteiger partial charge on any atom is -0.369 e. The topological polar surface area (TPSA) is 15.6 Å². The number of hydrogen-bond donors (Lipinski definition) is 0. The molecule has 1 unspecified atom stereocenters. The Morgan fingerprint density at radius 3 is 2.56 bits per heavy atom. The van der Waals surface area contributed by atoms with Crippen molar-refractivity contribution in [3.05, 3.63) is 57.6 Å². The van der Waals surface area contributed by atoms with Crippen LogP contribution >= 0.6 is 11.6 Å². The summed E-state index contributed by atoms with van der Waals surface area (Å²) >= 11 is 6.20. The summed E-state index contributed by atoms with van der Waals surface area (Å²) in [5.74, 6) is 0.544. The van der Waals surface area contributed by atoms with Crippen molar-refractivity contribution in [1.29, 1.82) is 0 Å². The van der Waals surface area contributed by atoms with E-state index >= 15 is 0 Å². The quantitative estimate of drug-likeness (QED) is 0.567. The lowest BCUT2D eigenvalue weighted by atomic mass is 9.79. The van der Waals surface area contributed by atoms with Crippen LogP contribution in [0.3, 0.4) is 0 Å². The molecule has 3 heteroatoms. The highest BCUT2D eigenvalue weighted by Gasteiger charge is 2.34. The Kier molecular flexibility index (Phi) is 4.68. The van der Waals surface area contributed by atoms with Gasteiger partial charge in [0.2, 0.25) is 0 Å². The molecule has 1 aliphatic rings. The van der Waals surface area contributed by atoms with Gasteiger partial charge in [-0.25, -0.2) is 0 Å². The third-order valence-corrected chi connectivity index (χ3v) is 5.94. The van der Waals surface area contributed by atoms with E-state index in [0.29, 0.717) is 5.92 Å². The number of fused-ring (bicyclic) bond motifs is 1. The van der Waals surface area contributed by atoms with E-state index in [0.717, 1.165) is 22.7 Å². The van der Waals surface area contributed by atoms with Crippen LogP contribution in [0.25, 0.3) is 0 Å². The Labute approximate surface area is 156 Å². The van der Waals surface area contributed by atoms with Crippen molar-refractivity contribution in [1.82, 2.24) is 0 Å². The van der Waals surface area contributed by atoms with Gasteiger partial charge in [-0.15, -0.1) is 0 Å². The van der Waals surface area contributed by atoms with Crippen LogP contribution in [0.2, 0.25) is 5.02 Å². The fourth-order valence-corrected chi connectivity index (χ4v) is 3.85. The number of halogens is 1. The summed E-state index contributed by atoms with van der Waals surface area (Å²) < 4.78 is 0. The molecule has 0 saturated heterocycles. The highest BCUT2D eigenvalue weighted by atomic mass is 35.5. The van der Waals surface area contributed by atoms with Crippen molar-refractivity contribution in [3.63, 3.8) is 0 Å². The largest absolute Gasteiger partial charge is 0.369 e. The summed E-state index contributed by atoms with van der Waals surface area (Å²) in [7, 11) is 2.20. The van der Waals surface area contributed by atoms with E-state index in [-0.39, 0.29) is 5.54 Å². The average molecular weight is 355 g/mol. The van der Waals surface area contributed by atoms with E-state index in [4.69, 9.17) is 11.6 Å². The lowest BCUT2D eigenvalue weighted by Crippen LogP contribution is -2.45. The van der Waals surface area contributed by atoms with Gasteiger partial charge in [0.1, 0.15) is 0 Å². The maximum atomic E-state index is 6.20. The van der Waals surface area contributed by atoms with Gasteiger partial charge in [-0.2, -0.15) is 0 Å². The minimum absolute atomic E-state index is 0.188. The molecule has 0 aromatic heterocycles. The van der Waals surface area contributed by atoms with Gasteiger partial charge in [0.05, 0.1) is 5.69 Å². The first-order valence-electron chi connectivity index (χ1n) is 8.87. The summed E-state index contributed by atoms with van der Waals surface area (Å²) in [5, 5.41) is 0.759. The third kappa shape index (κ3) is 3.46. The molecule has 0 N–H and O–H groups in total. The Morgan fingerprint density at radius 2 is 1.88 bits per heavy atom. The predicted molar refractivity (Wildman–Crippen MR) is 110 cm³/mol. The summed E-state index contributed by atoms with van der Waals surface area (Å²) in [6.45, 7) is 11.1. The van der Waals surface area contributed by atoms with Crippen molar-refractivity contribution in [3.8, 4) is 0 Å². The fourth-order valence-electron chi connectivity index (χ4n) is 3.68. The molecule has 2 aromatic rings. The van der Waals surface area contributed by atoms with Gasteiger partial charge in [-0.1, -0.05) is 24.6 Å². The van der Waals surface area contributed by atoms with Crippen molar-refractivity contribution < 1.29 is 0 Å². The molecule has 0 amide bonds. The zero-order chi connectivity index (χ0) is 18.4. The Balaban J connectivity index is 1.98. The van der Waals surface area contributed by atoms with Crippen molar-refractivity contribution in [2.24, 2.45) is 4.99 Å². The lowest BCUT2D eigenvalue weighted by Gasteiger charge is -2.45. The highest BCUT2D eigenvalue weighted by molar-refractivity contribution is 6.31. The fraction of sp³-hybridized carbons (Fsp3) is 0.409. The molecular weight excluding hydrogens is 328 g/mol. The smallest absolute Gasteiger partial charge is 0.0644 e. The number of hydrogen-bond acceptors (Lipinski definition) is 2. The molecule has 0 radical (unpaired) electrons. The number of rotatable bonds is 2. The van der Waals surface area contributed by atoms with E-state index in [1.807, 2.05) is 31.3 Å². The molecular formula is C22H27ClN2. The molecule has 1 heterocycles. The monoisotopic (exact) mass is 354 g/mol. The molecule has 0 bridgehead atoms. The summed E-state index contributed by atoms with van der Waals surface area (Å²) in [5.41, 5.74) is 7.33. The van der Waals surface area contributed by atoms with Gasteiger partial charge in [0, 0.05) is 29.5 Å². The molecule has 132 valence electrons. The van der Waals surface area contributed by atoms with E-state index < -0.39 is 0 Å². The Morgan fingerprint density at radius 1 is 1.16 bits per heavy atom. The van der Waals surface area contributed by atoms with Gasteiger partial charge in [-0.3, -0.25) is 4.99 Å². The van der Waals surface area contributed by atoms with Crippen molar-refractivity contribution >= 4 is 29.2 Å². The zero-order valence-electron chi connectivity index (χ0n) is 16.0. The highest BCUT2D eigenvalue weighted by Crippen LogP contribution is 2.43. The minimum atomic E-state index is 0.188. The van der Waals surface area contributed by atoms with Crippen molar-refractivity contribution in [2.45, 2.75) is 52.5 Å². The van der Waals surface area contributed by atoms with Crippen LogP contribution in [0, 0.1) is 13.8 Å². The Bertz CT molecular complexity index is 836. The van der Waals surface area contributed by atoms with Crippen LogP contribution in [0.1, 0.15) is 55.4 Å². The van der Waals surface area contributed by atoms with Crippen LogP contribution < -0.4 is 4.90 Å². The maximum Gasteiger partial charge on any atom is 0.0644 e. The van der Waals surface area contributed by atoms with Crippen LogP contribution in [-0.4, -0.2) is 18.8 Å². The first-order chi connectivity index (χ1) is 11.7. The van der Waals surface area contributed by atoms with Crippen LogP contribution in [0.15, 0.2) is 35.3 Å². The molecule has 0 spiro atoms. The maximum absolute atomic E-state index is 6.20. The Hall–Kier alpha value is -1.80. The molecule has 2 aromatic carbocycles. The second-order valence-electron chi connectivity index (χ2n) is 7.94. The van der Waals surface area contributed by atoms with Crippen LogP contribution in [0.4, 0.5) is 11.4 Å². The number of benzene rings is 2. The first kappa shape index (κ1) is 18.0. The molecule has 0 saturated carbocycles. The first-order valence-corrected chi connectivity index (χ1v) is 9.25. The number of aliphatic imine (C=N–C) groups is 1. The van der Waals surface area contributed by atoms with Gasteiger partial charge in [-0.05, 0) is 86.6 Å². The zero-order valence-corrected chi connectivity index (χ0v) is 16.8. The normalized spacial score (nSPS) is 19.3. The third-order valence-electron chi connectivity index (χ3n) is 5.53. The summed E-state index contributed by atoms with van der Waals surface area (Å²) in [6.07, 6.45) is 3.12. The van der Waals surface area contributed by atoms with E-state index in [9.17, 15) is 0 Å². The van der Waals surface area contributed by atoms with Gasteiger partial charge >= 0.3 is 0 Å². The second kappa shape index (κ2) is 6.49. The molecule has 1 aliphatic heterocycles. The van der Waals surface area contributed by atoms with E-state index in [1.165, 1.54) is 22.4 Å². The molecule has 0 fully saturated rings. The van der Waals surface area contributed by atoms with E-state index in [2.05, 4.69) is 56.8 Å². The van der Waals surface area contributed by atoms with Gasteiger partial charge < -0.3 is 4.90 Å². The standard InChI is InChI=1S/C22H27ClN2/c1-14-7-8-18(11-20(14)23)24-13-17-10-19-16(3)12-22(4,5)25(6)21(19)9-15(17)2/h7-11,13,16H,12H2,1-6H3. The van der Waals surface area contributed by atoms with Crippen LogP contribution in [0.5, 0.6) is 0 Å². The lowest BCUT2D eigenvalue weighted by molar-refractivity contribution is 0.395.